The Labute approximate surface area is 101 Å². The Morgan fingerprint density at radius 3 is 2.88 bits per heavy atom. The van der Waals surface area contributed by atoms with Gasteiger partial charge in [0, 0.05) is 6.04 Å². The number of hydrogen-bond donors (Lipinski definition) is 3. The highest BCUT2D eigenvalue weighted by molar-refractivity contribution is 5.98. The van der Waals surface area contributed by atoms with E-state index in [1.54, 1.807) is 6.07 Å². The minimum Gasteiger partial charge on any atom is -0.397 e. The number of anilines is 2. The molecule has 1 aliphatic rings. The van der Waals surface area contributed by atoms with Crippen molar-refractivity contribution >= 4 is 17.4 Å². The van der Waals surface area contributed by atoms with Crippen LogP contribution in [-0.4, -0.2) is 16.9 Å². The minimum atomic E-state index is -0.521. The number of rotatable bonds is 3. The van der Waals surface area contributed by atoms with Crippen LogP contribution in [-0.2, 0) is 0 Å². The number of nitrogens with zero attached hydrogens (tertiary/aromatic N) is 1. The van der Waals surface area contributed by atoms with Crippen LogP contribution in [0.15, 0.2) is 12.3 Å². The zero-order chi connectivity index (χ0) is 12.4. The van der Waals surface area contributed by atoms with Gasteiger partial charge >= 0.3 is 0 Å². The molecule has 1 aliphatic carbocycles. The van der Waals surface area contributed by atoms with Crippen molar-refractivity contribution in [2.24, 2.45) is 11.7 Å². The van der Waals surface area contributed by atoms with Crippen LogP contribution in [0.1, 0.15) is 36.5 Å². The molecule has 1 aromatic heterocycles. The van der Waals surface area contributed by atoms with Crippen molar-refractivity contribution in [1.82, 2.24) is 4.98 Å². The number of amides is 1. The molecule has 2 atom stereocenters. The summed E-state index contributed by atoms with van der Waals surface area (Å²) in [4.78, 5) is 15.3. The first-order chi connectivity index (χ1) is 8.06. The molecule has 17 heavy (non-hydrogen) atoms. The number of pyridine rings is 1. The molecule has 1 fully saturated rings. The topological polar surface area (TPSA) is 94.0 Å². The van der Waals surface area contributed by atoms with E-state index in [0.29, 0.717) is 23.1 Å². The molecule has 92 valence electrons. The van der Waals surface area contributed by atoms with Gasteiger partial charge in [-0.3, -0.25) is 4.79 Å². The average molecular weight is 234 g/mol. The number of nitrogen functional groups attached to an aromatic ring is 1. The quantitative estimate of drug-likeness (QED) is 0.736. The number of primary amides is 1. The highest BCUT2D eigenvalue weighted by Gasteiger charge is 2.21. The van der Waals surface area contributed by atoms with E-state index < -0.39 is 5.91 Å². The molecule has 0 spiro atoms. The number of hydrogen-bond acceptors (Lipinski definition) is 4. The lowest BCUT2D eigenvalue weighted by atomic mass is 10.1. The van der Waals surface area contributed by atoms with Crippen LogP contribution >= 0.6 is 0 Å². The fourth-order valence-electron chi connectivity index (χ4n) is 2.31. The van der Waals surface area contributed by atoms with E-state index in [-0.39, 0.29) is 0 Å². The molecule has 1 amide bonds. The summed E-state index contributed by atoms with van der Waals surface area (Å²) in [5.74, 6) is 0.900. The summed E-state index contributed by atoms with van der Waals surface area (Å²) < 4.78 is 0. The third-order valence-electron chi connectivity index (χ3n) is 3.25. The van der Waals surface area contributed by atoms with E-state index in [4.69, 9.17) is 11.5 Å². The van der Waals surface area contributed by atoms with E-state index in [1.807, 2.05) is 0 Å². The van der Waals surface area contributed by atoms with Gasteiger partial charge in [-0.15, -0.1) is 0 Å². The Kier molecular flexibility index (Phi) is 3.17. The van der Waals surface area contributed by atoms with Crippen LogP contribution in [0, 0.1) is 5.92 Å². The molecule has 0 radical (unpaired) electrons. The number of nitrogens with one attached hydrogen (secondary N) is 1. The number of nitrogens with two attached hydrogens (primary N) is 2. The second kappa shape index (κ2) is 4.61. The van der Waals surface area contributed by atoms with Gasteiger partial charge in [0.1, 0.15) is 5.82 Å². The summed E-state index contributed by atoms with van der Waals surface area (Å²) in [6.07, 6.45) is 4.98. The lowest BCUT2D eigenvalue weighted by Gasteiger charge is -2.14. The van der Waals surface area contributed by atoms with Crippen molar-refractivity contribution in [2.45, 2.75) is 32.2 Å². The van der Waals surface area contributed by atoms with Gasteiger partial charge in [-0.1, -0.05) is 6.92 Å². The van der Waals surface area contributed by atoms with Crippen molar-refractivity contribution in [3.63, 3.8) is 0 Å². The molecule has 0 aliphatic heterocycles. The molecule has 5 nitrogen and oxygen atoms in total. The molecule has 5 heteroatoms. The Balaban J connectivity index is 2.11. The van der Waals surface area contributed by atoms with Crippen molar-refractivity contribution in [1.29, 1.82) is 0 Å². The third-order valence-corrected chi connectivity index (χ3v) is 3.25. The molecule has 1 aromatic rings. The van der Waals surface area contributed by atoms with E-state index >= 15 is 0 Å². The third kappa shape index (κ3) is 2.67. The van der Waals surface area contributed by atoms with Gasteiger partial charge in [0.25, 0.3) is 5.91 Å². The Hall–Kier alpha value is -1.78. The lowest BCUT2D eigenvalue weighted by Crippen LogP contribution is -2.18. The monoisotopic (exact) mass is 234 g/mol. The van der Waals surface area contributed by atoms with Gasteiger partial charge in [-0.2, -0.15) is 0 Å². The van der Waals surface area contributed by atoms with E-state index in [1.165, 1.54) is 12.6 Å². The Morgan fingerprint density at radius 1 is 1.53 bits per heavy atom. The molecule has 1 saturated carbocycles. The SMILES string of the molecule is CC1CCC(Nc2cc(C(N)=O)c(N)cn2)C1. The van der Waals surface area contributed by atoms with Crippen LogP contribution in [0.2, 0.25) is 0 Å². The highest BCUT2D eigenvalue weighted by atomic mass is 16.1. The average Bonchev–Trinajstić information content (AvgIpc) is 2.66. The van der Waals surface area contributed by atoms with Crippen molar-refractivity contribution in [2.75, 3.05) is 11.1 Å². The normalized spacial score (nSPS) is 23.6. The second-order valence-electron chi connectivity index (χ2n) is 4.78. The van der Waals surface area contributed by atoms with Crippen LogP contribution in [0.3, 0.4) is 0 Å². The van der Waals surface area contributed by atoms with Crippen molar-refractivity contribution in [3.05, 3.63) is 17.8 Å². The summed E-state index contributed by atoms with van der Waals surface area (Å²) in [6, 6.07) is 2.06. The molecule has 2 rings (SSSR count). The molecule has 1 heterocycles. The lowest BCUT2D eigenvalue weighted by molar-refractivity contribution is 0.100. The van der Waals surface area contributed by atoms with Crippen LogP contribution in [0.5, 0.6) is 0 Å². The van der Waals surface area contributed by atoms with Crippen LogP contribution < -0.4 is 16.8 Å². The molecule has 5 N–H and O–H groups in total. The number of aromatic nitrogens is 1. The van der Waals surface area contributed by atoms with Gasteiger partial charge in [0.05, 0.1) is 17.4 Å². The second-order valence-corrected chi connectivity index (χ2v) is 4.78. The first-order valence-corrected chi connectivity index (χ1v) is 5.88. The standard InChI is InChI=1S/C12H18N4O/c1-7-2-3-8(4-7)16-11-5-9(12(14)17)10(13)6-15-11/h5-8H,2-4,13H2,1H3,(H2,14,17)(H,15,16). The fourth-order valence-corrected chi connectivity index (χ4v) is 2.31. The maximum Gasteiger partial charge on any atom is 0.250 e. The van der Waals surface area contributed by atoms with Gasteiger partial charge in [-0.25, -0.2) is 4.98 Å². The largest absolute Gasteiger partial charge is 0.397 e. The van der Waals surface area contributed by atoms with Gasteiger partial charge in [0.15, 0.2) is 0 Å². The molecule has 0 aromatic carbocycles. The first kappa shape index (κ1) is 11.7. The molecule has 0 bridgehead atoms. The zero-order valence-electron chi connectivity index (χ0n) is 9.94. The Bertz CT molecular complexity index is 433. The van der Waals surface area contributed by atoms with E-state index in [2.05, 4.69) is 17.2 Å². The smallest absolute Gasteiger partial charge is 0.250 e. The highest BCUT2D eigenvalue weighted by Crippen LogP contribution is 2.27. The fraction of sp³-hybridized carbons (Fsp3) is 0.500. The maximum atomic E-state index is 11.1. The molecular formula is C12H18N4O. The van der Waals surface area contributed by atoms with E-state index in [9.17, 15) is 4.79 Å². The molecule has 2 unspecified atom stereocenters. The number of carbonyl (C=O) groups excluding carboxylic acids is 1. The van der Waals surface area contributed by atoms with E-state index in [0.717, 1.165) is 18.8 Å². The van der Waals surface area contributed by atoms with Gasteiger partial charge in [0.2, 0.25) is 0 Å². The zero-order valence-corrected chi connectivity index (χ0v) is 9.94. The maximum absolute atomic E-state index is 11.1. The van der Waals surface area contributed by atoms with Crippen molar-refractivity contribution < 1.29 is 4.79 Å². The first-order valence-electron chi connectivity index (χ1n) is 5.88. The summed E-state index contributed by atoms with van der Waals surface area (Å²) in [5.41, 5.74) is 11.5. The summed E-state index contributed by atoms with van der Waals surface area (Å²) in [7, 11) is 0. The summed E-state index contributed by atoms with van der Waals surface area (Å²) in [5, 5.41) is 3.32. The summed E-state index contributed by atoms with van der Waals surface area (Å²) in [6.45, 7) is 2.24. The van der Waals surface area contributed by atoms with Crippen molar-refractivity contribution in [3.8, 4) is 0 Å². The molecule has 0 saturated heterocycles. The van der Waals surface area contributed by atoms with Gasteiger partial charge in [-0.05, 0) is 31.2 Å². The van der Waals surface area contributed by atoms with Gasteiger partial charge < -0.3 is 16.8 Å². The number of carbonyl (C=O) groups is 1. The predicted octanol–water partition coefficient (Wildman–Crippen LogP) is 1.36. The van der Waals surface area contributed by atoms with Crippen LogP contribution in [0.4, 0.5) is 11.5 Å². The predicted molar refractivity (Wildman–Crippen MR) is 67.6 cm³/mol. The van der Waals surface area contributed by atoms with Crippen LogP contribution in [0.25, 0.3) is 0 Å². The minimum absolute atomic E-state index is 0.322. The Morgan fingerprint density at radius 2 is 2.29 bits per heavy atom. The molecular weight excluding hydrogens is 216 g/mol. The summed E-state index contributed by atoms with van der Waals surface area (Å²) >= 11 is 0.